The van der Waals surface area contributed by atoms with Crippen LogP contribution in [0.3, 0.4) is 0 Å². The molecular formula is C11H7N3O2S. The van der Waals surface area contributed by atoms with Crippen LogP contribution in [0.5, 0.6) is 0 Å². The molecule has 1 aliphatic rings. The molecule has 2 amide bonds. The van der Waals surface area contributed by atoms with Crippen molar-refractivity contribution < 1.29 is 9.59 Å². The summed E-state index contributed by atoms with van der Waals surface area (Å²) in [7, 11) is 0. The van der Waals surface area contributed by atoms with E-state index in [4.69, 9.17) is 5.26 Å². The lowest BCUT2D eigenvalue weighted by Crippen LogP contribution is -2.25. The molecule has 0 saturated heterocycles. The monoisotopic (exact) mass is 245 g/mol. The van der Waals surface area contributed by atoms with Crippen LogP contribution in [0.1, 0.15) is 5.56 Å². The van der Waals surface area contributed by atoms with Gasteiger partial charge in [-0.05, 0) is 24.3 Å². The van der Waals surface area contributed by atoms with Crippen molar-refractivity contribution in [2.45, 2.75) is 0 Å². The highest BCUT2D eigenvalue weighted by molar-refractivity contribution is 8.15. The first-order valence-electron chi connectivity index (χ1n) is 4.73. The fourth-order valence-electron chi connectivity index (χ4n) is 1.33. The van der Waals surface area contributed by atoms with Crippen molar-refractivity contribution in [2.24, 2.45) is 4.99 Å². The van der Waals surface area contributed by atoms with E-state index in [2.05, 4.69) is 4.99 Å². The van der Waals surface area contributed by atoms with Gasteiger partial charge in [-0.25, -0.2) is 0 Å². The predicted octanol–water partition coefficient (Wildman–Crippen LogP) is 1.15. The molecule has 17 heavy (non-hydrogen) atoms. The Morgan fingerprint density at radius 3 is 2.59 bits per heavy atom. The van der Waals surface area contributed by atoms with E-state index in [9.17, 15) is 9.59 Å². The van der Waals surface area contributed by atoms with Gasteiger partial charge in [-0.1, -0.05) is 11.8 Å². The number of anilines is 1. The largest absolute Gasteiger partial charge is 0.278 e. The van der Waals surface area contributed by atoms with Crippen molar-refractivity contribution in [3.05, 3.63) is 29.8 Å². The fourth-order valence-corrected chi connectivity index (χ4v) is 2.10. The van der Waals surface area contributed by atoms with Crippen LogP contribution in [0.25, 0.3) is 0 Å². The molecule has 0 N–H and O–H groups in total. The molecule has 1 aromatic rings. The number of aliphatic imine (C=N–C) groups is 1. The van der Waals surface area contributed by atoms with Crippen LogP contribution in [0.2, 0.25) is 0 Å². The number of hydrogen-bond donors (Lipinski definition) is 0. The summed E-state index contributed by atoms with van der Waals surface area (Å²) in [5.41, 5.74) is 1.09. The molecule has 1 heterocycles. The molecule has 2 rings (SSSR count). The summed E-state index contributed by atoms with van der Waals surface area (Å²) in [5, 5.41) is 9.03. The van der Waals surface area contributed by atoms with Gasteiger partial charge in [-0.15, -0.1) is 0 Å². The number of thioether (sulfide) groups is 1. The summed E-state index contributed by atoms with van der Waals surface area (Å²) >= 11 is 1.22. The van der Waals surface area contributed by atoms with E-state index < -0.39 is 0 Å². The summed E-state index contributed by atoms with van der Waals surface area (Å²) in [4.78, 5) is 27.1. The third kappa shape index (κ3) is 2.34. The van der Waals surface area contributed by atoms with E-state index in [1.54, 1.807) is 24.3 Å². The summed E-state index contributed by atoms with van der Waals surface area (Å²) in [6.45, 7) is 0. The molecule has 1 aromatic carbocycles. The second-order valence-corrected chi connectivity index (χ2v) is 4.15. The van der Waals surface area contributed by atoms with E-state index in [1.807, 2.05) is 6.07 Å². The maximum absolute atomic E-state index is 11.0. The minimum absolute atomic E-state index is 0.245. The number of amides is 2. The summed E-state index contributed by atoms with van der Waals surface area (Å²) in [5.74, 6) is 0.0150. The van der Waals surface area contributed by atoms with Crippen molar-refractivity contribution in [3.8, 4) is 6.07 Å². The summed E-state index contributed by atoms with van der Waals surface area (Å²) < 4.78 is 0. The van der Waals surface area contributed by atoms with Crippen molar-refractivity contribution >= 4 is 34.9 Å². The van der Waals surface area contributed by atoms with Gasteiger partial charge in [0.15, 0.2) is 5.17 Å². The third-order valence-corrected chi connectivity index (χ3v) is 3.07. The molecule has 6 heteroatoms. The molecule has 0 atom stereocenters. The SMILES string of the molecule is N#Cc1ccc(N(C=O)C2=NC(=O)CS2)cc1. The van der Waals surface area contributed by atoms with E-state index in [0.717, 1.165) is 0 Å². The second-order valence-electron chi connectivity index (χ2n) is 3.21. The van der Waals surface area contributed by atoms with Crippen LogP contribution in [0.4, 0.5) is 5.69 Å². The minimum atomic E-state index is -0.245. The number of hydrogen-bond acceptors (Lipinski definition) is 4. The number of amidine groups is 1. The Morgan fingerprint density at radius 1 is 1.41 bits per heavy atom. The first-order valence-corrected chi connectivity index (χ1v) is 5.72. The van der Waals surface area contributed by atoms with Crippen molar-refractivity contribution in [2.75, 3.05) is 10.7 Å². The molecule has 0 fully saturated rings. The number of nitrogens with zero attached hydrogens (tertiary/aromatic N) is 3. The van der Waals surface area contributed by atoms with Gasteiger partial charge in [-0.2, -0.15) is 10.3 Å². The molecule has 0 aliphatic carbocycles. The van der Waals surface area contributed by atoms with E-state index >= 15 is 0 Å². The molecule has 1 aliphatic heterocycles. The van der Waals surface area contributed by atoms with Crippen LogP contribution in [-0.4, -0.2) is 23.2 Å². The molecule has 84 valence electrons. The zero-order chi connectivity index (χ0) is 12.3. The Hall–Kier alpha value is -2.13. The van der Waals surface area contributed by atoms with Crippen LogP contribution in [0, 0.1) is 11.3 Å². The normalized spacial score (nSPS) is 14.1. The Bertz CT molecular complexity index is 531. The minimum Gasteiger partial charge on any atom is -0.278 e. The van der Waals surface area contributed by atoms with Crippen molar-refractivity contribution in [1.29, 1.82) is 5.26 Å². The van der Waals surface area contributed by atoms with Crippen LogP contribution >= 0.6 is 11.8 Å². The van der Waals surface area contributed by atoms with Crippen molar-refractivity contribution in [1.82, 2.24) is 0 Å². The lowest BCUT2D eigenvalue weighted by atomic mass is 10.2. The van der Waals surface area contributed by atoms with Gasteiger partial charge in [0.25, 0.3) is 5.91 Å². The average molecular weight is 245 g/mol. The van der Waals surface area contributed by atoms with E-state index in [0.29, 0.717) is 22.8 Å². The zero-order valence-electron chi connectivity index (χ0n) is 8.66. The van der Waals surface area contributed by atoms with Gasteiger partial charge in [0, 0.05) is 0 Å². The molecule has 5 nitrogen and oxygen atoms in total. The van der Waals surface area contributed by atoms with Gasteiger partial charge >= 0.3 is 0 Å². The Balaban J connectivity index is 2.29. The molecule has 0 unspecified atom stereocenters. The lowest BCUT2D eigenvalue weighted by Gasteiger charge is -2.15. The second kappa shape index (κ2) is 4.80. The number of carbonyl (C=O) groups is 2. The fraction of sp³-hybridized carbons (Fsp3) is 0.0909. The third-order valence-electron chi connectivity index (χ3n) is 2.13. The Kier molecular flexibility index (Phi) is 3.21. The first-order chi connectivity index (χ1) is 8.24. The highest BCUT2D eigenvalue weighted by atomic mass is 32.2. The maximum Gasteiger partial charge on any atom is 0.258 e. The molecular weight excluding hydrogens is 238 g/mol. The van der Waals surface area contributed by atoms with Crippen LogP contribution in [0.15, 0.2) is 29.3 Å². The standard InChI is InChI=1S/C11H7N3O2S/c12-5-8-1-3-9(4-2-8)14(7-15)11-13-10(16)6-17-11/h1-4,7H,6H2. The Morgan fingerprint density at radius 2 is 2.12 bits per heavy atom. The average Bonchev–Trinajstić information content (AvgIpc) is 2.78. The number of carbonyl (C=O) groups excluding carboxylic acids is 2. The molecule has 0 spiro atoms. The maximum atomic E-state index is 11.0. The van der Waals surface area contributed by atoms with Gasteiger partial charge in [0.05, 0.1) is 23.1 Å². The zero-order valence-corrected chi connectivity index (χ0v) is 9.48. The van der Waals surface area contributed by atoms with Crippen molar-refractivity contribution in [3.63, 3.8) is 0 Å². The summed E-state index contributed by atoms with van der Waals surface area (Å²) in [6.07, 6.45) is 0.603. The molecule has 0 saturated carbocycles. The van der Waals surface area contributed by atoms with E-state index in [-0.39, 0.29) is 11.7 Å². The van der Waals surface area contributed by atoms with Gasteiger partial charge in [0.1, 0.15) is 0 Å². The van der Waals surface area contributed by atoms with Gasteiger partial charge in [-0.3, -0.25) is 14.5 Å². The van der Waals surface area contributed by atoms with Crippen LogP contribution < -0.4 is 4.90 Å². The molecule has 0 radical (unpaired) electrons. The molecule has 0 aromatic heterocycles. The first kappa shape index (κ1) is 11.4. The quantitative estimate of drug-likeness (QED) is 0.732. The van der Waals surface area contributed by atoms with Crippen LogP contribution in [-0.2, 0) is 9.59 Å². The number of nitriles is 1. The smallest absolute Gasteiger partial charge is 0.258 e. The topological polar surface area (TPSA) is 73.5 Å². The highest BCUT2D eigenvalue weighted by Gasteiger charge is 2.21. The number of rotatable bonds is 2. The molecule has 0 bridgehead atoms. The highest BCUT2D eigenvalue weighted by Crippen LogP contribution is 2.22. The predicted molar refractivity (Wildman–Crippen MR) is 64.6 cm³/mol. The Labute approximate surface area is 102 Å². The van der Waals surface area contributed by atoms with E-state index in [1.165, 1.54) is 16.7 Å². The van der Waals surface area contributed by atoms with Gasteiger partial charge < -0.3 is 0 Å². The summed E-state index contributed by atoms with van der Waals surface area (Å²) in [6, 6.07) is 8.48. The van der Waals surface area contributed by atoms with Gasteiger partial charge in [0.2, 0.25) is 6.41 Å². The number of benzene rings is 1. The lowest BCUT2D eigenvalue weighted by molar-refractivity contribution is -0.115.